The number of nitrogens with zero attached hydrogens (tertiary/aromatic N) is 4. The van der Waals surface area contributed by atoms with Crippen LogP contribution in [0.15, 0.2) is 31.0 Å². The van der Waals surface area contributed by atoms with Gasteiger partial charge in [-0.3, -0.25) is 9.36 Å². The average molecular weight is 340 g/mol. The first-order valence-electron chi connectivity index (χ1n) is 8.50. The van der Waals surface area contributed by atoms with Crippen molar-refractivity contribution < 1.29 is 9.90 Å². The number of aliphatic hydroxyl groups excluding tert-OH is 1. The number of hydrogen-bond donors (Lipinski definition) is 3. The zero-order valence-corrected chi connectivity index (χ0v) is 13.7. The second-order valence-corrected chi connectivity index (χ2v) is 6.45. The molecular formula is C17H20N6O2. The monoisotopic (exact) mass is 340 g/mol. The Hall–Kier alpha value is -2.74. The van der Waals surface area contributed by atoms with Crippen LogP contribution in [0.3, 0.4) is 0 Å². The van der Waals surface area contributed by atoms with Crippen LogP contribution in [0.2, 0.25) is 0 Å². The second-order valence-electron chi connectivity index (χ2n) is 6.45. The Morgan fingerprint density at radius 3 is 2.88 bits per heavy atom. The van der Waals surface area contributed by atoms with Crippen LogP contribution in [-0.2, 0) is 0 Å². The third kappa shape index (κ3) is 3.12. The molecule has 1 saturated carbocycles. The van der Waals surface area contributed by atoms with Crippen molar-refractivity contribution in [3.05, 3.63) is 36.7 Å². The van der Waals surface area contributed by atoms with Gasteiger partial charge in [-0.1, -0.05) is 0 Å². The van der Waals surface area contributed by atoms with Gasteiger partial charge >= 0.3 is 0 Å². The minimum absolute atomic E-state index is 0.118. The number of aliphatic hydroxyl groups is 1. The molecule has 3 heterocycles. The molecule has 4 rings (SSSR count). The van der Waals surface area contributed by atoms with Gasteiger partial charge in [0, 0.05) is 31.2 Å². The summed E-state index contributed by atoms with van der Waals surface area (Å²) in [5, 5.41) is 12.3. The lowest BCUT2D eigenvalue weighted by Crippen LogP contribution is -2.38. The van der Waals surface area contributed by atoms with Gasteiger partial charge in [0.2, 0.25) is 5.95 Å². The standard InChI is InChI=1S/C17H20N6O2/c24-9-11-1-3-12(4-2-11)20-16(25)15-14-13(5-6-19-14)21-17(22-15)23-8-7-18-10-23/h5-8,10-12,19,24H,1-4,9H2,(H,20,25)/t11-,12-. The average Bonchev–Trinajstić information content (AvgIpc) is 3.32. The van der Waals surface area contributed by atoms with Gasteiger partial charge in [0.05, 0.1) is 11.0 Å². The summed E-state index contributed by atoms with van der Waals surface area (Å²) in [4.78, 5) is 28.8. The maximum Gasteiger partial charge on any atom is 0.272 e. The third-order valence-corrected chi connectivity index (χ3v) is 4.78. The van der Waals surface area contributed by atoms with Gasteiger partial charge in [-0.05, 0) is 37.7 Å². The molecular weight excluding hydrogens is 320 g/mol. The number of hydrogen-bond acceptors (Lipinski definition) is 5. The maximum absolute atomic E-state index is 12.8. The summed E-state index contributed by atoms with van der Waals surface area (Å²) in [5.41, 5.74) is 1.65. The molecule has 1 fully saturated rings. The molecule has 130 valence electrons. The highest BCUT2D eigenvalue weighted by atomic mass is 16.3. The summed E-state index contributed by atoms with van der Waals surface area (Å²) < 4.78 is 1.68. The second kappa shape index (κ2) is 6.64. The quantitative estimate of drug-likeness (QED) is 0.666. The van der Waals surface area contributed by atoms with Crippen LogP contribution in [0.4, 0.5) is 0 Å². The van der Waals surface area contributed by atoms with Crippen LogP contribution in [0, 0.1) is 5.92 Å². The number of amides is 1. The molecule has 0 unspecified atom stereocenters. The van der Waals surface area contributed by atoms with E-state index in [1.54, 1.807) is 29.5 Å². The molecule has 0 aliphatic heterocycles. The summed E-state index contributed by atoms with van der Waals surface area (Å²) in [6.45, 7) is 0.226. The van der Waals surface area contributed by atoms with E-state index in [4.69, 9.17) is 0 Å². The number of aromatic amines is 1. The fourth-order valence-corrected chi connectivity index (χ4v) is 3.33. The summed E-state index contributed by atoms with van der Waals surface area (Å²) in [6.07, 6.45) is 10.4. The highest BCUT2D eigenvalue weighted by Crippen LogP contribution is 2.24. The van der Waals surface area contributed by atoms with Crippen molar-refractivity contribution in [3.63, 3.8) is 0 Å². The predicted molar refractivity (Wildman–Crippen MR) is 91.3 cm³/mol. The molecule has 3 aromatic rings. The molecule has 1 aliphatic carbocycles. The topological polar surface area (TPSA) is 109 Å². The number of rotatable bonds is 4. The first-order valence-corrected chi connectivity index (χ1v) is 8.50. The number of carbonyl (C=O) groups excluding carboxylic acids is 1. The lowest BCUT2D eigenvalue weighted by atomic mass is 9.86. The van der Waals surface area contributed by atoms with Crippen LogP contribution in [0.5, 0.6) is 0 Å². The predicted octanol–water partition coefficient (Wildman–Crippen LogP) is 1.42. The fraction of sp³-hybridized carbons (Fsp3) is 0.412. The molecule has 3 N–H and O–H groups in total. The molecule has 1 aliphatic rings. The Bertz CT molecular complexity index is 865. The zero-order chi connectivity index (χ0) is 17.2. The van der Waals surface area contributed by atoms with Gasteiger partial charge in [0.25, 0.3) is 5.91 Å². The van der Waals surface area contributed by atoms with Crippen molar-refractivity contribution in [2.24, 2.45) is 5.92 Å². The van der Waals surface area contributed by atoms with E-state index in [1.807, 2.05) is 6.07 Å². The Morgan fingerprint density at radius 1 is 1.32 bits per heavy atom. The van der Waals surface area contributed by atoms with Gasteiger partial charge in [-0.2, -0.15) is 0 Å². The third-order valence-electron chi connectivity index (χ3n) is 4.78. The summed E-state index contributed by atoms with van der Waals surface area (Å²) >= 11 is 0. The Balaban J connectivity index is 1.59. The number of nitrogens with one attached hydrogen (secondary N) is 2. The molecule has 0 atom stereocenters. The molecule has 25 heavy (non-hydrogen) atoms. The zero-order valence-electron chi connectivity index (χ0n) is 13.7. The van der Waals surface area contributed by atoms with Crippen molar-refractivity contribution in [1.82, 2.24) is 29.8 Å². The van der Waals surface area contributed by atoms with E-state index in [1.165, 1.54) is 0 Å². The van der Waals surface area contributed by atoms with Crippen LogP contribution in [-0.4, -0.2) is 48.2 Å². The van der Waals surface area contributed by atoms with E-state index in [0.717, 1.165) is 25.7 Å². The minimum atomic E-state index is -0.205. The maximum atomic E-state index is 12.8. The fourth-order valence-electron chi connectivity index (χ4n) is 3.33. The number of fused-ring (bicyclic) bond motifs is 1. The van der Waals surface area contributed by atoms with Gasteiger partial charge in [0.15, 0.2) is 5.69 Å². The van der Waals surface area contributed by atoms with Crippen molar-refractivity contribution in [3.8, 4) is 5.95 Å². The van der Waals surface area contributed by atoms with Gasteiger partial charge in [-0.25, -0.2) is 15.0 Å². The van der Waals surface area contributed by atoms with Gasteiger partial charge in [-0.15, -0.1) is 0 Å². The van der Waals surface area contributed by atoms with Crippen LogP contribution in [0.25, 0.3) is 17.0 Å². The molecule has 8 heteroatoms. The Morgan fingerprint density at radius 2 is 2.16 bits per heavy atom. The molecule has 8 nitrogen and oxygen atoms in total. The number of imidazole rings is 1. The molecule has 0 saturated heterocycles. The molecule has 1 amide bonds. The minimum Gasteiger partial charge on any atom is -0.396 e. The lowest BCUT2D eigenvalue weighted by molar-refractivity contribution is 0.0910. The van der Waals surface area contributed by atoms with E-state index < -0.39 is 0 Å². The molecule has 0 radical (unpaired) electrons. The Labute approximate surface area is 144 Å². The summed E-state index contributed by atoms with van der Waals surface area (Å²) in [5.74, 6) is 0.567. The van der Waals surface area contributed by atoms with Crippen LogP contribution < -0.4 is 5.32 Å². The molecule has 0 spiro atoms. The van der Waals surface area contributed by atoms with E-state index in [0.29, 0.717) is 28.6 Å². The summed E-state index contributed by atoms with van der Waals surface area (Å²) in [6, 6.07) is 1.94. The van der Waals surface area contributed by atoms with Crippen molar-refractivity contribution in [2.75, 3.05) is 6.61 Å². The largest absolute Gasteiger partial charge is 0.396 e. The van der Waals surface area contributed by atoms with Gasteiger partial charge < -0.3 is 15.4 Å². The Kier molecular flexibility index (Phi) is 4.19. The highest BCUT2D eigenvalue weighted by Gasteiger charge is 2.24. The van der Waals surface area contributed by atoms with Crippen molar-refractivity contribution in [1.29, 1.82) is 0 Å². The van der Waals surface area contributed by atoms with E-state index in [-0.39, 0.29) is 18.6 Å². The first kappa shape index (κ1) is 15.8. The summed E-state index contributed by atoms with van der Waals surface area (Å²) in [7, 11) is 0. The van der Waals surface area contributed by atoms with E-state index in [9.17, 15) is 9.90 Å². The smallest absolute Gasteiger partial charge is 0.272 e. The molecule has 3 aromatic heterocycles. The first-order chi connectivity index (χ1) is 12.2. The SMILES string of the molecule is O=C(N[C@H]1CC[C@H](CO)CC1)c1nc(-n2ccnc2)nc2cc[nH]c12. The van der Waals surface area contributed by atoms with Crippen molar-refractivity contribution in [2.45, 2.75) is 31.7 Å². The van der Waals surface area contributed by atoms with Crippen LogP contribution >= 0.6 is 0 Å². The number of aromatic nitrogens is 5. The number of H-pyrrole nitrogens is 1. The molecule has 0 aromatic carbocycles. The van der Waals surface area contributed by atoms with E-state index >= 15 is 0 Å². The number of carbonyl (C=O) groups is 1. The lowest BCUT2D eigenvalue weighted by Gasteiger charge is -2.27. The van der Waals surface area contributed by atoms with E-state index in [2.05, 4.69) is 25.3 Å². The highest BCUT2D eigenvalue weighted by molar-refractivity contribution is 6.03. The van der Waals surface area contributed by atoms with Crippen molar-refractivity contribution >= 4 is 16.9 Å². The van der Waals surface area contributed by atoms with Gasteiger partial charge in [0.1, 0.15) is 6.33 Å². The molecule has 0 bridgehead atoms. The normalized spacial score (nSPS) is 20.7. The van der Waals surface area contributed by atoms with Crippen LogP contribution in [0.1, 0.15) is 36.2 Å².